The fourth-order valence-electron chi connectivity index (χ4n) is 2.65. The maximum Gasteiger partial charge on any atom is 0.250 e. The van der Waals surface area contributed by atoms with E-state index in [4.69, 9.17) is 0 Å². The van der Waals surface area contributed by atoms with E-state index in [0.717, 1.165) is 34.9 Å². The molecule has 0 bridgehead atoms. The molecule has 0 aliphatic heterocycles. The third kappa shape index (κ3) is 3.50. The van der Waals surface area contributed by atoms with E-state index < -0.39 is 16.7 Å². The normalized spacial score (nSPS) is 19.9. The second-order valence-corrected chi connectivity index (χ2v) is 9.61. The van der Waals surface area contributed by atoms with Crippen LogP contribution in [-0.2, 0) is 16.7 Å². The lowest BCUT2D eigenvalue weighted by Crippen LogP contribution is -2.26. The molecule has 25 heavy (non-hydrogen) atoms. The molecule has 0 spiro atoms. The summed E-state index contributed by atoms with van der Waals surface area (Å²) in [4.78, 5) is 4.66. The molecular weight excluding hydrogens is 381 g/mol. The molecular formula is C16H14FN3O2S3. The zero-order chi connectivity index (χ0) is 17.4. The molecule has 3 aromatic rings. The Hall–Kier alpha value is -1.68. The first-order chi connectivity index (χ1) is 12.1. The summed E-state index contributed by atoms with van der Waals surface area (Å²) in [5, 5.41) is 0.287. The van der Waals surface area contributed by atoms with Crippen molar-refractivity contribution in [2.45, 2.75) is 29.3 Å². The predicted molar refractivity (Wildman–Crippen MR) is 95.9 cm³/mol. The number of thiophene rings is 1. The Morgan fingerprint density at radius 3 is 2.72 bits per heavy atom. The standard InChI is InChI=1S/C16H14FN3O2S3/c17-9-14-18-16(19-24-14)13-6-7-15(23-13)25(21,22)20-12-8-11(12)10-4-2-1-3-5-10/h1-7,11-12,20H,8-9H2/t11-,12+/m1/s1. The van der Waals surface area contributed by atoms with Gasteiger partial charge in [-0.2, -0.15) is 4.37 Å². The number of alkyl halides is 1. The third-order valence-electron chi connectivity index (χ3n) is 3.97. The highest BCUT2D eigenvalue weighted by atomic mass is 32.2. The van der Waals surface area contributed by atoms with Gasteiger partial charge >= 0.3 is 0 Å². The van der Waals surface area contributed by atoms with Crippen molar-refractivity contribution in [1.29, 1.82) is 0 Å². The largest absolute Gasteiger partial charge is 0.250 e. The number of benzene rings is 1. The Morgan fingerprint density at radius 1 is 1.20 bits per heavy atom. The summed E-state index contributed by atoms with van der Waals surface area (Å²) in [5.41, 5.74) is 1.15. The van der Waals surface area contributed by atoms with Crippen molar-refractivity contribution in [1.82, 2.24) is 14.1 Å². The molecule has 0 saturated heterocycles. The lowest BCUT2D eigenvalue weighted by atomic mass is 10.1. The van der Waals surface area contributed by atoms with E-state index in [2.05, 4.69) is 14.1 Å². The predicted octanol–water partition coefficient (Wildman–Crippen LogP) is 3.57. The molecule has 2 aromatic heterocycles. The number of nitrogens with zero attached hydrogens (tertiary/aromatic N) is 2. The van der Waals surface area contributed by atoms with E-state index in [-0.39, 0.29) is 21.2 Å². The molecule has 4 rings (SSSR count). The first kappa shape index (κ1) is 16.8. The van der Waals surface area contributed by atoms with Crippen molar-refractivity contribution in [2.24, 2.45) is 0 Å². The minimum atomic E-state index is -3.58. The number of aromatic nitrogens is 2. The molecule has 0 amide bonds. The Balaban J connectivity index is 1.48. The van der Waals surface area contributed by atoms with E-state index in [9.17, 15) is 12.8 Å². The molecule has 0 unspecified atom stereocenters. The van der Waals surface area contributed by atoms with Gasteiger partial charge in [-0.1, -0.05) is 30.3 Å². The molecule has 1 saturated carbocycles. The number of nitrogens with one attached hydrogen (secondary N) is 1. The number of halogens is 1. The summed E-state index contributed by atoms with van der Waals surface area (Å²) < 4.78 is 44.8. The lowest BCUT2D eigenvalue weighted by molar-refractivity contribution is 0.484. The average Bonchev–Trinajstić information content (AvgIpc) is 3.05. The Morgan fingerprint density at radius 2 is 2.00 bits per heavy atom. The molecule has 1 N–H and O–H groups in total. The number of hydrogen-bond acceptors (Lipinski definition) is 6. The van der Waals surface area contributed by atoms with Gasteiger partial charge in [0, 0.05) is 12.0 Å². The van der Waals surface area contributed by atoms with Crippen molar-refractivity contribution < 1.29 is 12.8 Å². The SMILES string of the molecule is O=S(=O)(N[C@H]1C[C@@H]1c1ccccc1)c1ccc(-c2nsc(CF)n2)s1. The number of hydrogen-bond donors (Lipinski definition) is 1. The maximum atomic E-state index is 12.6. The molecule has 5 nitrogen and oxygen atoms in total. The van der Waals surface area contributed by atoms with Gasteiger partial charge in [0.25, 0.3) is 0 Å². The summed E-state index contributed by atoms with van der Waals surface area (Å²) in [5.74, 6) is 0.598. The molecule has 1 aliphatic rings. The zero-order valence-electron chi connectivity index (χ0n) is 12.9. The highest BCUT2D eigenvalue weighted by Gasteiger charge is 2.41. The molecule has 1 fully saturated rings. The molecule has 1 aliphatic carbocycles. The Kier molecular flexibility index (Phi) is 4.40. The van der Waals surface area contributed by atoms with E-state index in [0.29, 0.717) is 10.7 Å². The van der Waals surface area contributed by atoms with E-state index in [1.807, 2.05) is 30.3 Å². The van der Waals surface area contributed by atoms with Crippen LogP contribution >= 0.6 is 22.9 Å². The highest BCUT2D eigenvalue weighted by Crippen LogP contribution is 2.42. The first-order valence-electron chi connectivity index (χ1n) is 7.63. The first-order valence-corrected chi connectivity index (χ1v) is 10.7. The molecule has 0 radical (unpaired) electrons. The Bertz CT molecular complexity index is 985. The summed E-state index contributed by atoms with van der Waals surface area (Å²) in [6.07, 6.45) is 0.801. The van der Waals surface area contributed by atoms with E-state index >= 15 is 0 Å². The average molecular weight is 396 g/mol. The zero-order valence-corrected chi connectivity index (χ0v) is 15.4. The van der Waals surface area contributed by atoms with Crippen LogP contribution in [0.15, 0.2) is 46.7 Å². The van der Waals surface area contributed by atoms with Crippen molar-refractivity contribution in [3.05, 3.63) is 53.0 Å². The van der Waals surface area contributed by atoms with Crippen molar-refractivity contribution in [2.75, 3.05) is 0 Å². The molecule has 2 atom stereocenters. The van der Waals surface area contributed by atoms with Crippen molar-refractivity contribution >= 4 is 32.9 Å². The van der Waals surface area contributed by atoms with Crippen molar-refractivity contribution in [3.8, 4) is 10.7 Å². The smallest absolute Gasteiger partial charge is 0.243 e. The summed E-state index contributed by atoms with van der Waals surface area (Å²) >= 11 is 2.08. The van der Waals surface area contributed by atoms with Crippen LogP contribution in [0.25, 0.3) is 10.7 Å². The van der Waals surface area contributed by atoms with Gasteiger partial charge in [-0.15, -0.1) is 11.3 Å². The van der Waals surface area contributed by atoms with Crippen LogP contribution in [0.2, 0.25) is 0 Å². The summed E-state index contributed by atoms with van der Waals surface area (Å²) in [7, 11) is -3.58. The van der Waals surface area contributed by atoms with Crippen LogP contribution in [0.5, 0.6) is 0 Å². The van der Waals surface area contributed by atoms with Gasteiger partial charge in [0.15, 0.2) is 5.82 Å². The summed E-state index contributed by atoms with van der Waals surface area (Å²) in [6.45, 7) is -0.668. The van der Waals surface area contributed by atoms with Crippen LogP contribution in [-0.4, -0.2) is 23.8 Å². The summed E-state index contributed by atoms with van der Waals surface area (Å²) in [6, 6.07) is 13.0. The van der Waals surface area contributed by atoms with Gasteiger partial charge in [0.2, 0.25) is 10.0 Å². The quantitative estimate of drug-likeness (QED) is 0.693. The topological polar surface area (TPSA) is 72.0 Å². The van der Waals surface area contributed by atoms with E-state index in [1.54, 1.807) is 12.1 Å². The van der Waals surface area contributed by atoms with Crippen LogP contribution < -0.4 is 4.72 Å². The lowest BCUT2D eigenvalue weighted by Gasteiger charge is -2.04. The third-order valence-corrected chi connectivity index (χ3v) is 7.71. The molecule has 130 valence electrons. The minimum absolute atomic E-state index is 0.0755. The van der Waals surface area contributed by atoms with Gasteiger partial charge in [-0.05, 0) is 35.6 Å². The van der Waals surface area contributed by atoms with Gasteiger partial charge in [0.05, 0.1) is 4.88 Å². The molecule has 1 aromatic carbocycles. The van der Waals surface area contributed by atoms with Gasteiger partial charge < -0.3 is 0 Å². The highest BCUT2D eigenvalue weighted by molar-refractivity contribution is 7.91. The molecule has 2 heterocycles. The van der Waals surface area contributed by atoms with Crippen LogP contribution in [0.3, 0.4) is 0 Å². The van der Waals surface area contributed by atoms with Gasteiger partial charge in [-0.25, -0.2) is 22.5 Å². The Labute approximate surface area is 152 Å². The monoisotopic (exact) mass is 395 g/mol. The van der Waals surface area contributed by atoms with Crippen molar-refractivity contribution in [3.63, 3.8) is 0 Å². The fraction of sp³-hybridized carbons (Fsp3) is 0.250. The number of sulfonamides is 1. The van der Waals surface area contributed by atoms with Crippen LogP contribution in [0, 0.1) is 0 Å². The fourth-order valence-corrected chi connectivity index (χ4v) is 5.76. The number of rotatable bonds is 6. The van der Waals surface area contributed by atoms with Gasteiger partial charge in [-0.3, -0.25) is 0 Å². The molecule has 9 heteroatoms. The minimum Gasteiger partial charge on any atom is -0.243 e. The maximum absolute atomic E-state index is 12.6. The van der Waals surface area contributed by atoms with E-state index in [1.165, 1.54) is 0 Å². The van der Waals surface area contributed by atoms with Crippen LogP contribution in [0.4, 0.5) is 4.39 Å². The van der Waals surface area contributed by atoms with Crippen LogP contribution in [0.1, 0.15) is 22.9 Å². The second kappa shape index (κ2) is 6.56. The van der Waals surface area contributed by atoms with Gasteiger partial charge in [0.1, 0.15) is 15.9 Å². The second-order valence-electron chi connectivity index (χ2n) is 5.74.